The van der Waals surface area contributed by atoms with E-state index in [9.17, 15) is 9.90 Å². The van der Waals surface area contributed by atoms with Gasteiger partial charge in [-0.1, -0.05) is 31.2 Å². The summed E-state index contributed by atoms with van der Waals surface area (Å²) in [6, 6.07) is 1.78. The molecular weight excluding hydrogens is 379 g/mol. The molecule has 0 bridgehead atoms. The van der Waals surface area contributed by atoms with Gasteiger partial charge in [-0.3, -0.25) is 4.79 Å². The number of benzene rings is 1. The molecule has 19 heavy (non-hydrogen) atoms. The van der Waals surface area contributed by atoms with Crippen LogP contribution >= 0.6 is 34.2 Å². The van der Waals surface area contributed by atoms with E-state index in [4.69, 9.17) is 16.3 Å². The minimum absolute atomic E-state index is 0.0802. The van der Waals surface area contributed by atoms with E-state index in [2.05, 4.69) is 29.2 Å². The number of carbonyl (C=O) groups excluding carboxylic acids is 1. The van der Waals surface area contributed by atoms with Crippen LogP contribution in [0.4, 0.5) is 0 Å². The Morgan fingerprint density at radius 3 is 2.84 bits per heavy atom. The van der Waals surface area contributed by atoms with E-state index >= 15 is 0 Å². The van der Waals surface area contributed by atoms with E-state index in [0.717, 1.165) is 3.57 Å². The van der Waals surface area contributed by atoms with Crippen LogP contribution in [0.25, 0.3) is 6.08 Å². The number of phenols is 1. The van der Waals surface area contributed by atoms with Crippen LogP contribution in [-0.4, -0.2) is 17.7 Å². The molecule has 0 heterocycles. The number of esters is 1. The molecule has 0 saturated heterocycles. The van der Waals surface area contributed by atoms with Crippen molar-refractivity contribution in [2.24, 2.45) is 5.92 Å². The highest BCUT2D eigenvalue weighted by Gasteiger charge is 2.19. The van der Waals surface area contributed by atoms with Crippen molar-refractivity contribution in [1.82, 2.24) is 0 Å². The van der Waals surface area contributed by atoms with Gasteiger partial charge in [0.05, 0.1) is 17.5 Å². The smallest absolute Gasteiger partial charge is 0.308 e. The Morgan fingerprint density at radius 1 is 1.68 bits per heavy atom. The number of rotatable bonds is 5. The van der Waals surface area contributed by atoms with Crippen LogP contribution in [0.2, 0.25) is 5.02 Å². The summed E-state index contributed by atoms with van der Waals surface area (Å²) in [5, 5.41) is 10.6. The topological polar surface area (TPSA) is 46.5 Å². The van der Waals surface area contributed by atoms with Crippen LogP contribution < -0.4 is 0 Å². The lowest BCUT2D eigenvalue weighted by molar-refractivity contribution is -0.147. The highest BCUT2D eigenvalue weighted by Crippen LogP contribution is 2.35. The van der Waals surface area contributed by atoms with Crippen molar-refractivity contribution >= 4 is 46.2 Å². The van der Waals surface area contributed by atoms with Crippen molar-refractivity contribution in [3.63, 3.8) is 0 Å². The van der Waals surface area contributed by atoms with E-state index in [1.54, 1.807) is 19.9 Å². The van der Waals surface area contributed by atoms with Crippen molar-refractivity contribution in [1.29, 1.82) is 0 Å². The van der Waals surface area contributed by atoms with Gasteiger partial charge in [0.1, 0.15) is 5.75 Å². The average Bonchev–Trinajstić information content (AvgIpc) is 2.37. The van der Waals surface area contributed by atoms with Gasteiger partial charge in [0, 0.05) is 9.13 Å². The van der Waals surface area contributed by atoms with E-state index in [1.807, 2.05) is 0 Å². The van der Waals surface area contributed by atoms with Crippen LogP contribution in [0.15, 0.2) is 12.6 Å². The third-order valence-corrected chi connectivity index (χ3v) is 4.30. The van der Waals surface area contributed by atoms with Gasteiger partial charge in [0.25, 0.3) is 0 Å². The van der Waals surface area contributed by atoms with Crippen LogP contribution in [0.3, 0.4) is 0 Å². The summed E-state index contributed by atoms with van der Waals surface area (Å²) >= 11 is 8.18. The first-order chi connectivity index (χ1) is 8.92. The first-order valence-electron chi connectivity index (χ1n) is 5.91. The number of halogens is 2. The van der Waals surface area contributed by atoms with E-state index in [0.29, 0.717) is 29.2 Å². The Labute approximate surface area is 131 Å². The van der Waals surface area contributed by atoms with E-state index in [1.165, 1.54) is 6.08 Å². The van der Waals surface area contributed by atoms with Crippen LogP contribution in [0, 0.1) is 9.49 Å². The molecule has 5 heteroatoms. The Morgan fingerprint density at radius 2 is 2.32 bits per heavy atom. The largest absolute Gasteiger partial charge is 0.507 e. The summed E-state index contributed by atoms with van der Waals surface area (Å²) in [5.41, 5.74) is 1.17. The maximum Gasteiger partial charge on any atom is 0.308 e. The number of hydrogen-bond donors (Lipinski definition) is 1. The van der Waals surface area contributed by atoms with E-state index < -0.39 is 0 Å². The van der Waals surface area contributed by atoms with Crippen molar-refractivity contribution < 1.29 is 14.6 Å². The van der Waals surface area contributed by atoms with Crippen molar-refractivity contribution in [3.8, 4) is 5.75 Å². The number of aromatic hydroxyl groups is 1. The molecule has 1 aromatic carbocycles. The summed E-state index contributed by atoms with van der Waals surface area (Å²) in [6.45, 7) is 7.53. The Hall–Kier alpha value is -0.750. The first-order valence-corrected chi connectivity index (χ1v) is 7.36. The van der Waals surface area contributed by atoms with Crippen molar-refractivity contribution in [2.45, 2.75) is 20.3 Å². The zero-order chi connectivity index (χ0) is 14.6. The molecule has 0 aromatic heterocycles. The van der Waals surface area contributed by atoms with Crippen LogP contribution in [0.1, 0.15) is 25.0 Å². The average molecular weight is 395 g/mol. The molecule has 1 aromatic rings. The fourth-order valence-electron chi connectivity index (χ4n) is 1.73. The number of hydrogen-bond acceptors (Lipinski definition) is 3. The van der Waals surface area contributed by atoms with Gasteiger partial charge in [0.2, 0.25) is 0 Å². The zero-order valence-electron chi connectivity index (χ0n) is 10.9. The zero-order valence-corrected chi connectivity index (χ0v) is 13.8. The van der Waals surface area contributed by atoms with E-state index in [-0.39, 0.29) is 17.6 Å². The lowest BCUT2D eigenvalue weighted by atomic mass is 9.98. The summed E-state index contributed by atoms with van der Waals surface area (Å²) in [6.07, 6.45) is 1.91. The molecule has 0 aliphatic carbocycles. The monoisotopic (exact) mass is 394 g/mol. The lowest BCUT2D eigenvalue weighted by Gasteiger charge is -2.14. The minimum Gasteiger partial charge on any atom is -0.507 e. The van der Waals surface area contributed by atoms with Crippen LogP contribution in [-0.2, 0) is 16.0 Å². The summed E-state index contributed by atoms with van der Waals surface area (Å²) < 4.78 is 5.78. The number of phenolic OH excluding ortho intramolecular Hbond substituents is 1. The SMILES string of the molecule is C=Cc1c(O)c(CC(C)C(=O)OCC)cc(I)c1Cl. The standard InChI is InChI=1S/C14H16ClIO3/c1-4-10-12(15)11(16)7-9(13(10)17)6-8(3)14(18)19-5-2/h4,7-8,17H,1,5-6H2,2-3H3. The summed E-state index contributed by atoms with van der Waals surface area (Å²) in [4.78, 5) is 11.6. The lowest BCUT2D eigenvalue weighted by Crippen LogP contribution is -2.17. The third-order valence-electron chi connectivity index (χ3n) is 2.73. The maximum absolute atomic E-state index is 11.6. The molecule has 1 unspecified atom stereocenters. The molecule has 1 rings (SSSR count). The van der Waals surface area contributed by atoms with Gasteiger partial charge in [0.15, 0.2) is 0 Å². The molecule has 0 saturated carbocycles. The molecule has 0 aliphatic heterocycles. The summed E-state index contributed by atoms with van der Waals surface area (Å²) in [7, 11) is 0. The highest BCUT2D eigenvalue weighted by atomic mass is 127. The third kappa shape index (κ3) is 3.86. The quantitative estimate of drug-likeness (QED) is 0.606. The van der Waals surface area contributed by atoms with Gasteiger partial charge in [-0.05, 0) is 47.6 Å². The fraction of sp³-hybridized carbons (Fsp3) is 0.357. The second-order valence-electron chi connectivity index (χ2n) is 4.16. The number of carbonyl (C=O) groups is 1. The second-order valence-corrected chi connectivity index (χ2v) is 5.70. The molecule has 3 nitrogen and oxygen atoms in total. The molecule has 1 N–H and O–H groups in total. The Bertz CT molecular complexity index is 500. The normalized spacial score (nSPS) is 12.0. The molecule has 0 aliphatic rings. The molecule has 1 atom stereocenters. The predicted octanol–water partition coefficient (Wildman–Crippen LogP) is 4.03. The number of ether oxygens (including phenoxy) is 1. The van der Waals surface area contributed by atoms with Gasteiger partial charge < -0.3 is 9.84 Å². The van der Waals surface area contributed by atoms with Gasteiger partial charge in [-0.15, -0.1) is 0 Å². The molecular formula is C14H16ClIO3. The second kappa shape index (κ2) is 7.14. The van der Waals surface area contributed by atoms with Gasteiger partial charge >= 0.3 is 5.97 Å². The summed E-state index contributed by atoms with van der Waals surface area (Å²) in [5.74, 6) is -0.510. The molecule has 104 valence electrons. The molecule has 0 amide bonds. The molecule has 0 fully saturated rings. The van der Waals surface area contributed by atoms with Crippen LogP contribution in [0.5, 0.6) is 5.75 Å². The fourth-order valence-corrected chi connectivity index (χ4v) is 2.62. The molecule has 0 radical (unpaired) electrons. The first kappa shape index (κ1) is 16.3. The Balaban J connectivity index is 3.05. The minimum atomic E-state index is -0.319. The molecule has 0 spiro atoms. The maximum atomic E-state index is 11.6. The Kier molecular flexibility index (Phi) is 6.13. The van der Waals surface area contributed by atoms with Crippen molar-refractivity contribution in [2.75, 3.05) is 6.61 Å². The van der Waals surface area contributed by atoms with Crippen molar-refractivity contribution in [3.05, 3.63) is 32.4 Å². The predicted molar refractivity (Wildman–Crippen MR) is 85.4 cm³/mol. The highest BCUT2D eigenvalue weighted by molar-refractivity contribution is 14.1. The van der Waals surface area contributed by atoms with Gasteiger partial charge in [-0.2, -0.15) is 0 Å². The van der Waals surface area contributed by atoms with Gasteiger partial charge in [-0.25, -0.2) is 0 Å².